The highest BCUT2D eigenvalue weighted by molar-refractivity contribution is 6.08. The fourth-order valence-corrected chi connectivity index (χ4v) is 3.12. The topological polar surface area (TPSA) is 66.8 Å². The van der Waals surface area contributed by atoms with E-state index in [9.17, 15) is 14.7 Å². The van der Waals surface area contributed by atoms with E-state index in [1.165, 1.54) is 0 Å². The second kappa shape index (κ2) is 5.57. The highest BCUT2D eigenvalue weighted by Gasteiger charge is 2.42. The minimum absolute atomic E-state index is 0.131. The quantitative estimate of drug-likeness (QED) is 0.946. The Morgan fingerprint density at radius 1 is 1.17 bits per heavy atom. The summed E-state index contributed by atoms with van der Waals surface area (Å²) in [7, 11) is 1.60. The molecule has 0 unspecified atom stereocenters. The van der Waals surface area contributed by atoms with Gasteiger partial charge in [0.15, 0.2) is 0 Å². The average molecular weight is 313 g/mol. The van der Waals surface area contributed by atoms with Gasteiger partial charge in [0.2, 0.25) is 0 Å². The van der Waals surface area contributed by atoms with Crippen molar-refractivity contribution in [2.75, 3.05) is 20.2 Å². The molecule has 23 heavy (non-hydrogen) atoms. The number of carboxylic acid groups (broad SMARTS) is 1. The van der Waals surface area contributed by atoms with Gasteiger partial charge < -0.3 is 14.7 Å². The average Bonchev–Trinajstić information content (AvgIpc) is 2.97. The number of ether oxygens (including phenoxy) is 1. The van der Waals surface area contributed by atoms with Gasteiger partial charge in [-0.15, -0.1) is 0 Å². The lowest BCUT2D eigenvalue weighted by Gasteiger charge is -2.21. The standard InChI is InChI=1S/C18H19NO4/c1-18(17(21)22)9-10-19(11-18)16(20)14-7-8-15(23-2)13-6-4-3-5-12(13)14/h3-8H,9-11H2,1-2H3,(H,21,22)/t18-/m1/s1. The van der Waals surface area contributed by atoms with Gasteiger partial charge in [-0.3, -0.25) is 9.59 Å². The van der Waals surface area contributed by atoms with Gasteiger partial charge in [0.1, 0.15) is 5.75 Å². The molecule has 2 aromatic rings. The first kappa shape index (κ1) is 15.3. The van der Waals surface area contributed by atoms with Gasteiger partial charge in [0, 0.05) is 24.0 Å². The largest absolute Gasteiger partial charge is 0.496 e. The highest BCUT2D eigenvalue weighted by Crippen LogP contribution is 2.33. The summed E-state index contributed by atoms with van der Waals surface area (Å²) in [6, 6.07) is 11.1. The summed E-state index contributed by atoms with van der Waals surface area (Å²) in [5, 5.41) is 11.0. The van der Waals surface area contributed by atoms with Crippen LogP contribution in [0.3, 0.4) is 0 Å². The molecule has 1 fully saturated rings. The molecule has 3 rings (SSSR count). The van der Waals surface area contributed by atoms with Gasteiger partial charge in [0.05, 0.1) is 12.5 Å². The zero-order valence-corrected chi connectivity index (χ0v) is 13.2. The van der Waals surface area contributed by atoms with E-state index in [0.29, 0.717) is 24.3 Å². The second-order valence-electron chi connectivity index (χ2n) is 6.20. The fourth-order valence-electron chi connectivity index (χ4n) is 3.12. The van der Waals surface area contributed by atoms with Crippen LogP contribution in [0.25, 0.3) is 10.8 Å². The predicted octanol–water partition coefficient (Wildman–Crippen LogP) is 2.79. The third-order valence-electron chi connectivity index (χ3n) is 4.61. The number of carbonyl (C=O) groups excluding carboxylic acids is 1. The summed E-state index contributed by atoms with van der Waals surface area (Å²) < 4.78 is 5.35. The summed E-state index contributed by atoms with van der Waals surface area (Å²) in [5.41, 5.74) is -0.283. The first-order valence-electron chi connectivity index (χ1n) is 7.55. The lowest BCUT2D eigenvalue weighted by Crippen LogP contribution is -2.34. The molecule has 1 N–H and O–H groups in total. The summed E-state index contributed by atoms with van der Waals surface area (Å²) in [6.07, 6.45) is 0.474. The number of carbonyl (C=O) groups is 2. The molecule has 1 aliphatic heterocycles. The molecule has 1 saturated heterocycles. The van der Waals surface area contributed by atoms with Crippen LogP contribution >= 0.6 is 0 Å². The Balaban J connectivity index is 1.98. The lowest BCUT2D eigenvalue weighted by molar-refractivity contribution is -0.147. The van der Waals surface area contributed by atoms with Crippen LogP contribution in [-0.2, 0) is 4.79 Å². The first-order chi connectivity index (χ1) is 11.0. The van der Waals surface area contributed by atoms with Crippen LogP contribution in [0.1, 0.15) is 23.7 Å². The molecule has 0 aromatic heterocycles. The van der Waals surface area contributed by atoms with Gasteiger partial charge in [0.25, 0.3) is 5.91 Å². The smallest absolute Gasteiger partial charge is 0.311 e. The molecular formula is C18H19NO4. The molecule has 0 bridgehead atoms. The minimum Gasteiger partial charge on any atom is -0.496 e. The predicted molar refractivity (Wildman–Crippen MR) is 86.8 cm³/mol. The Morgan fingerprint density at radius 3 is 2.48 bits per heavy atom. The molecule has 120 valence electrons. The molecule has 1 atom stereocenters. The van der Waals surface area contributed by atoms with Crippen LogP contribution in [0, 0.1) is 5.41 Å². The van der Waals surface area contributed by atoms with Crippen molar-refractivity contribution < 1.29 is 19.4 Å². The van der Waals surface area contributed by atoms with E-state index < -0.39 is 11.4 Å². The number of amides is 1. The number of fused-ring (bicyclic) bond motifs is 1. The van der Waals surface area contributed by atoms with E-state index in [-0.39, 0.29) is 12.5 Å². The summed E-state index contributed by atoms with van der Waals surface area (Å²) in [4.78, 5) is 25.9. The Hall–Kier alpha value is -2.56. The zero-order chi connectivity index (χ0) is 16.6. The fraction of sp³-hybridized carbons (Fsp3) is 0.333. The normalized spacial score (nSPS) is 20.7. The number of rotatable bonds is 3. The molecule has 1 aliphatic rings. The Labute approximate surface area is 134 Å². The van der Waals surface area contributed by atoms with E-state index in [1.54, 1.807) is 31.1 Å². The third kappa shape index (κ3) is 2.52. The van der Waals surface area contributed by atoms with Crippen molar-refractivity contribution >= 4 is 22.6 Å². The van der Waals surface area contributed by atoms with E-state index in [0.717, 1.165) is 10.8 Å². The highest BCUT2D eigenvalue weighted by atomic mass is 16.5. The van der Waals surface area contributed by atoms with Crippen molar-refractivity contribution in [2.24, 2.45) is 5.41 Å². The summed E-state index contributed by atoms with van der Waals surface area (Å²) >= 11 is 0. The Morgan fingerprint density at radius 2 is 1.87 bits per heavy atom. The number of hydrogen-bond acceptors (Lipinski definition) is 3. The van der Waals surface area contributed by atoms with Crippen LogP contribution < -0.4 is 4.74 Å². The maximum atomic E-state index is 12.9. The monoisotopic (exact) mass is 313 g/mol. The SMILES string of the molecule is COc1ccc(C(=O)N2CC[C@@](C)(C(=O)O)C2)c2ccccc12. The van der Waals surface area contributed by atoms with Crippen LogP contribution in [0.2, 0.25) is 0 Å². The number of nitrogens with zero attached hydrogens (tertiary/aromatic N) is 1. The van der Waals surface area contributed by atoms with Crippen molar-refractivity contribution in [3.05, 3.63) is 42.0 Å². The molecular weight excluding hydrogens is 294 g/mol. The van der Waals surface area contributed by atoms with Gasteiger partial charge in [-0.2, -0.15) is 0 Å². The van der Waals surface area contributed by atoms with Gasteiger partial charge in [-0.05, 0) is 30.9 Å². The zero-order valence-electron chi connectivity index (χ0n) is 13.2. The lowest BCUT2D eigenvalue weighted by atomic mass is 9.90. The van der Waals surface area contributed by atoms with Crippen molar-refractivity contribution in [1.82, 2.24) is 4.90 Å². The molecule has 0 radical (unpaired) electrons. The van der Waals surface area contributed by atoms with Crippen LogP contribution in [-0.4, -0.2) is 42.1 Å². The molecule has 0 spiro atoms. The molecule has 0 saturated carbocycles. The molecule has 0 aliphatic carbocycles. The van der Waals surface area contributed by atoms with Gasteiger partial charge >= 0.3 is 5.97 Å². The minimum atomic E-state index is -0.863. The van der Waals surface area contributed by atoms with E-state index in [2.05, 4.69) is 0 Å². The second-order valence-corrected chi connectivity index (χ2v) is 6.20. The number of aliphatic carboxylic acids is 1. The van der Waals surface area contributed by atoms with E-state index >= 15 is 0 Å². The third-order valence-corrected chi connectivity index (χ3v) is 4.61. The maximum absolute atomic E-state index is 12.9. The van der Waals surface area contributed by atoms with Crippen molar-refractivity contribution in [3.8, 4) is 5.75 Å². The number of likely N-dealkylation sites (tertiary alicyclic amines) is 1. The van der Waals surface area contributed by atoms with Crippen LogP contribution in [0.4, 0.5) is 0 Å². The van der Waals surface area contributed by atoms with Gasteiger partial charge in [-0.25, -0.2) is 0 Å². The van der Waals surface area contributed by atoms with E-state index in [4.69, 9.17) is 4.74 Å². The van der Waals surface area contributed by atoms with Crippen molar-refractivity contribution in [2.45, 2.75) is 13.3 Å². The summed E-state index contributed by atoms with van der Waals surface area (Å²) in [6.45, 7) is 2.39. The van der Waals surface area contributed by atoms with Crippen LogP contribution in [0.5, 0.6) is 5.75 Å². The summed E-state index contributed by atoms with van der Waals surface area (Å²) in [5.74, 6) is -0.268. The molecule has 5 nitrogen and oxygen atoms in total. The number of carboxylic acids is 1. The maximum Gasteiger partial charge on any atom is 0.311 e. The van der Waals surface area contributed by atoms with E-state index in [1.807, 2.05) is 24.3 Å². The number of hydrogen-bond donors (Lipinski definition) is 1. The Bertz CT molecular complexity index is 786. The van der Waals surface area contributed by atoms with Crippen LogP contribution in [0.15, 0.2) is 36.4 Å². The van der Waals surface area contributed by atoms with Gasteiger partial charge in [-0.1, -0.05) is 24.3 Å². The molecule has 2 aromatic carbocycles. The Kier molecular flexibility index (Phi) is 3.72. The molecule has 1 amide bonds. The molecule has 1 heterocycles. The number of methoxy groups -OCH3 is 1. The first-order valence-corrected chi connectivity index (χ1v) is 7.55. The van der Waals surface area contributed by atoms with Crippen molar-refractivity contribution in [3.63, 3.8) is 0 Å². The van der Waals surface area contributed by atoms with Crippen molar-refractivity contribution in [1.29, 1.82) is 0 Å². The molecule has 5 heteroatoms. The number of benzene rings is 2.